The molecule has 0 saturated carbocycles. The number of aryl methyl sites for hydroxylation is 1. The van der Waals surface area contributed by atoms with Gasteiger partial charge in [0.1, 0.15) is 11.7 Å². The first-order valence-corrected chi connectivity index (χ1v) is 8.33. The molecule has 1 saturated heterocycles. The molecule has 1 aliphatic rings. The van der Waals surface area contributed by atoms with Gasteiger partial charge in [-0.15, -0.1) is 0 Å². The lowest BCUT2D eigenvalue weighted by Gasteiger charge is -2.38. The average Bonchev–Trinajstić information content (AvgIpc) is 2.87. The summed E-state index contributed by atoms with van der Waals surface area (Å²) >= 11 is 0. The molecular formula is C17H26N4O3. The van der Waals surface area contributed by atoms with Gasteiger partial charge in [0, 0.05) is 31.7 Å². The van der Waals surface area contributed by atoms with Crippen LogP contribution in [0.3, 0.4) is 0 Å². The zero-order valence-corrected chi connectivity index (χ0v) is 14.9. The fraction of sp³-hybridized carbons (Fsp3) is 0.706. The van der Waals surface area contributed by atoms with Crippen LogP contribution in [0.4, 0.5) is 4.79 Å². The monoisotopic (exact) mass is 334 g/mol. The van der Waals surface area contributed by atoms with E-state index in [2.05, 4.69) is 5.10 Å². The molecule has 132 valence electrons. The predicted molar refractivity (Wildman–Crippen MR) is 88.3 cm³/mol. The van der Waals surface area contributed by atoms with Gasteiger partial charge in [0.2, 0.25) is 0 Å². The van der Waals surface area contributed by atoms with E-state index in [1.165, 1.54) is 0 Å². The van der Waals surface area contributed by atoms with Crippen molar-refractivity contribution in [3.63, 3.8) is 0 Å². The first kappa shape index (κ1) is 18.3. The van der Waals surface area contributed by atoms with Crippen molar-refractivity contribution in [1.82, 2.24) is 14.7 Å². The Bertz CT molecular complexity index is 631. The van der Waals surface area contributed by atoms with Gasteiger partial charge in [-0.25, -0.2) is 4.79 Å². The van der Waals surface area contributed by atoms with Gasteiger partial charge in [0.15, 0.2) is 5.69 Å². The summed E-state index contributed by atoms with van der Waals surface area (Å²) in [6.45, 7) is 9.02. The first-order chi connectivity index (χ1) is 11.2. The second kappa shape index (κ2) is 6.81. The molecule has 0 atom stereocenters. The molecule has 0 radical (unpaired) electrons. The molecule has 0 aliphatic carbocycles. The van der Waals surface area contributed by atoms with Crippen molar-refractivity contribution in [2.24, 2.45) is 0 Å². The first-order valence-electron chi connectivity index (χ1n) is 8.33. The molecule has 0 aromatic carbocycles. The Balaban J connectivity index is 1.99. The molecule has 1 aromatic rings. The molecule has 2 rings (SSSR count). The summed E-state index contributed by atoms with van der Waals surface area (Å²) in [5.41, 5.74) is -0.200. The maximum absolute atomic E-state index is 12.1. The second-order valence-corrected chi connectivity index (χ2v) is 7.32. The van der Waals surface area contributed by atoms with Gasteiger partial charge in [0.05, 0.1) is 5.60 Å². The number of nitrogens with zero attached hydrogens (tertiary/aromatic N) is 4. The normalized spacial score (nSPS) is 17.4. The summed E-state index contributed by atoms with van der Waals surface area (Å²) < 4.78 is 7.12. The van der Waals surface area contributed by atoms with Gasteiger partial charge >= 0.3 is 6.09 Å². The Kier molecular flexibility index (Phi) is 5.19. The molecule has 1 fully saturated rings. The molecule has 24 heavy (non-hydrogen) atoms. The number of piperidine rings is 1. The third-order valence-corrected chi connectivity index (χ3v) is 4.13. The molecule has 0 spiro atoms. The molecule has 1 aliphatic heterocycles. The van der Waals surface area contributed by atoms with E-state index in [-0.39, 0.29) is 6.09 Å². The van der Waals surface area contributed by atoms with E-state index < -0.39 is 11.2 Å². The van der Waals surface area contributed by atoms with Crippen LogP contribution in [0.2, 0.25) is 0 Å². The fourth-order valence-electron chi connectivity index (χ4n) is 2.87. The van der Waals surface area contributed by atoms with Crippen LogP contribution in [-0.4, -0.2) is 50.2 Å². The van der Waals surface area contributed by atoms with Gasteiger partial charge in [-0.05, 0) is 46.6 Å². The van der Waals surface area contributed by atoms with Gasteiger partial charge in [-0.3, -0.25) is 4.68 Å². The maximum Gasteiger partial charge on any atom is 0.410 e. The van der Waals surface area contributed by atoms with E-state index in [1.54, 1.807) is 15.6 Å². The Morgan fingerprint density at radius 3 is 2.58 bits per heavy atom. The summed E-state index contributed by atoms with van der Waals surface area (Å²) in [6, 6.07) is 3.76. The molecule has 1 aromatic heterocycles. The smallest absolute Gasteiger partial charge is 0.410 e. The van der Waals surface area contributed by atoms with E-state index in [4.69, 9.17) is 10.00 Å². The van der Waals surface area contributed by atoms with Crippen molar-refractivity contribution in [2.75, 3.05) is 13.1 Å². The number of carbonyl (C=O) groups excluding carboxylic acids is 1. The van der Waals surface area contributed by atoms with Crippen molar-refractivity contribution in [1.29, 1.82) is 5.26 Å². The molecule has 7 nitrogen and oxygen atoms in total. The largest absolute Gasteiger partial charge is 0.444 e. The van der Waals surface area contributed by atoms with Gasteiger partial charge < -0.3 is 14.7 Å². The summed E-state index contributed by atoms with van der Waals surface area (Å²) in [5, 5.41) is 24.0. The standard InChI is InChI=1S/C17H26N4O3/c1-5-21-14(10-13(12-18)19-21)11-17(23)6-8-20(9-7-17)15(22)24-16(2,3)4/h10,23H,5-9,11H2,1-4H3. The van der Waals surface area contributed by atoms with E-state index in [0.29, 0.717) is 44.6 Å². The predicted octanol–water partition coefficient (Wildman–Crippen LogP) is 2.08. The number of hydrogen-bond acceptors (Lipinski definition) is 5. The minimum absolute atomic E-state index is 0.338. The van der Waals surface area contributed by atoms with E-state index >= 15 is 0 Å². The molecular weight excluding hydrogens is 308 g/mol. The highest BCUT2D eigenvalue weighted by Gasteiger charge is 2.36. The number of likely N-dealkylation sites (tertiary alicyclic amines) is 1. The molecule has 2 heterocycles. The Morgan fingerprint density at radius 2 is 2.08 bits per heavy atom. The number of amides is 1. The SMILES string of the molecule is CCn1nc(C#N)cc1CC1(O)CCN(C(=O)OC(C)(C)C)CC1. The summed E-state index contributed by atoms with van der Waals surface area (Å²) in [6.07, 6.45) is 1.04. The Morgan fingerprint density at radius 1 is 1.46 bits per heavy atom. The zero-order valence-electron chi connectivity index (χ0n) is 14.9. The van der Waals surface area contributed by atoms with Crippen LogP contribution in [-0.2, 0) is 17.7 Å². The van der Waals surface area contributed by atoms with Gasteiger partial charge in [-0.1, -0.05) is 0 Å². The van der Waals surface area contributed by atoms with Crippen LogP contribution in [0.5, 0.6) is 0 Å². The number of nitriles is 1. The molecule has 7 heteroatoms. The van der Waals surface area contributed by atoms with E-state index in [0.717, 1.165) is 5.69 Å². The van der Waals surface area contributed by atoms with Crippen LogP contribution >= 0.6 is 0 Å². The van der Waals surface area contributed by atoms with Gasteiger partial charge in [0.25, 0.3) is 0 Å². The van der Waals surface area contributed by atoms with Crippen LogP contribution in [0.15, 0.2) is 6.07 Å². The fourth-order valence-corrected chi connectivity index (χ4v) is 2.87. The van der Waals surface area contributed by atoms with Crippen LogP contribution in [0.25, 0.3) is 0 Å². The van der Waals surface area contributed by atoms with Crippen molar-refractivity contribution < 1.29 is 14.6 Å². The van der Waals surface area contributed by atoms with Crippen LogP contribution in [0, 0.1) is 11.3 Å². The van der Waals surface area contributed by atoms with Crippen molar-refractivity contribution >= 4 is 6.09 Å². The number of hydrogen-bond donors (Lipinski definition) is 1. The van der Waals surface area contributed by atoms with E-state index in [1.807, 2.05) is 33.8 Å². The number of rotatable bonds is 3. The molecule has 1 N–H and O–H groups in total. The lowest BCUT2D eigenvalue weighted by atomic mass is 9.87. The van der Waals surface area contributed by atoms with Gasteiger partial charge in [-0.2, -0.15) is 10.4 Å². The lowest BCUT2D eigenvalue weighted by molar-refractivity contribution is -0.0324. The topological polar surface area (TPSA) is 91.4 Å². The van der Waals surface area contributed by atoms with Crippen molar-refractivity contribution in [3.05, 3.63) is 17.5 Å². The lowest BCUT2D eigenvalue weighted by Crippen LogP contribution is -2.49. The third kappa shape index (κ3) is 4.48. The highest BCUT2D eigenvalue weighted by atomic mass is 16.6. The molecule has 1 amide bonds. The summed E-state index contributed by atoms with van der Waals surface area (Å²) in [7, 11) is 0. The Labute approximate surface area is 142 Å². The number of carbonyl (C=O) groups is 1. The summed E-state index contributed by atoms with van der Waals surface area (Å²) in [4.78, 5) is 13.7. The maximum atomic E-state index is 12.1. The molecule has 0 bridgehead atoms. The van der Waals surface area contributed by atoms with Crippen LogP contribution in [0.1, 0.15) is 51.9 Å². The van der Waals surface area contributed by atoms with Crippen molar-refractivity contribution in [2.45, 2.75) is 64.7 Å². The Hall–Kier alpha value is -2.07. The highest BCUT2D eigenvalue weighted by molar-refractivity contribution is 5.68. The van der Waals surface area contributed by atoms with Crippen LogP contribution < -0.4 is 0 Å². The second-order valence-electron chi connectivity index (χ2n) is 7.32. The number of aromatic nitrogens is 2. The summed E-state index contributed by atoms with van der Waals surface area (Å²) in [5.74, 6) is 0. The quantitative estimate of drug-likeness (QED) is 0.914. The van der Waals surface area contributed by atoms with E-state index in [9.17, 15) is 9.90 Å². The number of aliphatic hydroxyl groups is 1. The highest BCUT2D eigenvalue weighted by Crippen LogP contribution is 2.27. The molecule has 0 unspecified atom stereocenters. The minimum atomic E-state index is -0.891. The zero-order chi connectivity index (χ0) is 18.0. The minimum Gasteiger partial charge on any atom is -0.444 e. The third-order valence-electron chi connectivity index (χ3n) is 4.13. The number of ether oxygens (including phenoxy) is 1. The average molecular weight is 334 g/mol. The van der Waals surface area contributed by atoms with Crippen molar-refractivity contribution in [3.8, 4) is 6.07 Å².